The van der Waals surface area contributed by atoms with E-state index in [1.54, 1.807) is 54.6 Å². The Balaban J connectivity index is 2.17. The number of piperidine rings is 1. The van der Waals surface area contributed by atoms with Gasteiger partial charge in [-0.25, -0.2) is 8.42 Å². The summed E-state index contributed by atoms with van der Waals surface area (Å²) in [6, 6.07) is 6.53. The highest BCUT2D eigenvalue weighted by Crippen LogP contribution is 2.27. The van der Waals surface area contributed by atoms with Gasteiger partial charge in [0.1, 0.15) is 5.75 Å². The van der Waals surface area contributed by atoms with Gasteiger partial charge in [-0.2, -0.15) is 4.31 Å². The van der Waals surface area contributed by atoms with Gasteiger partial charge in [-0.05, 0) is 50.7 Å². The highest BCUT2D eigenvalue weighted by Gasteiger charge is 2.37. The first-order valence-electron chi connectivity index (χ1n) is 8.69. The van der Waals surface area contributed by atoms with Gasteiger partial charge in [-0.15, -0.1) is 0 Å². The number of sulfonamides is 1. The zero-order valence-electron chi connectivity index (χ0n) is 16.2. The summed E-state index contributed by atoms with van der Waals surface area (Å²) in [5.74, 6) is 0.887. The van der Waals surface area contributed by atoms with Gasteiger partial charge in [0.25, 0.3) is 0 Å². The molecule has 8 heteroatoms. The first-order valence-corrected chi connectivity index (χ1v) is 10.1. The number of rotatable bonds is 6. The molecule has 1 amide bonds. The second-order valence-corrected chi connectivity index (χ2v) is 8.96. The smallest absolute Gasteiger partial charge is 0.243 e. The molecule has 0 N–H and O–H groups in total. The highest BCUT2D eigenvalue weighted by molar-refractivity contribution is 7.89. The quantitative estimate of drug-likeness (QED) is 0.736. The zero-order chi connectivity index (χ0) is 19.5. The molecule has 1 aliphatic rings. The topological polar surface area (TPSA) is 70.2 Å². The zero-order valence-corrected chi connectivity index (χ0v) is 17.0. The molecule has 2 atom stereocenters. The van der Waals surface area contributed by atoms with E-state index in [9.17, 15) is 13.2 Å². The van der Waals surface area contributed by atoms with E-state index in [2.05, 4.69) is 0 Å². The molecular formula is C18H29N3O4S. The van der Waals surface area contributed by atoms with Crippen LogP contribution in [-0.4, -0.2) is 82.4 Å². The summed E-state index contributed by atoms with van der Waals surface area (Å²) in [5.41, 5.74) is 0. The maximum Gasteiger partial charge on any atom is 0.243 e. The van der Waals surface area contributed by atoms with Crippen molar-refractivity contribution in [2.75, 3.05) is 47.9 Å². The van der Waals surface area contributed by atoms with Gasteiger partial charge >= 0.3 is 0 Å². The fourth-order valence-corrected chi connectivity index (χ4v) is 4.82. The molecule has 0 bridgehead atoms. The Morgan fingerprint density at radius 1 is 1.23 bits per heavy atom. The lowest BCUT2D eigenvalue weighted by molar-refractivity contribution is -0.128. The van der Waals surface area contributed by atoms with Gasteiger partial charge < -0.3 is 14.5 Å². The van der Waals surface area contributed by atoms with Crippen molar-refractivity contribution in [2.45, 2.75) is 24.3 Å². The van der Waals surface area contributed by atoms with Crippen LogP contribution in [0.2, 0.25) is 0 Å². The first kappa shape index (κ1) is 20.7. The lowest BCUT2D eigenvalue weighted by Gasteiger charge is -2.42. The molecule has 26 heavy (non-hydrogen) atoms. The number of amides is 1. The number of benzene rings is 1. The van der Waals surface area contributed by atoms with Crippen LogP contribution in [0.5, 0.6) is 5.75 Å². The number of carbonyl (C=O) groups excluding carboxylic acids is 1. The van der Waals surface area contributed by atoms with Gasteiger partial charge in [0, 0.05) is 39.6 Å². The number of hydrogen-bond acceptors (Lipinski definition) is 5. The summed E-state index contributed by atoms with van der Waals surface area (Å²) in [6.45, 7) is 3.05. The SMILES string of the molecule is COc1ccc(S(=O)(=O)N2CC[C@H](CN(C)C(C)=O)[C@H](N(C)C)C2)cc1. The summed E-state index contributed by atoms with van der Waals surface area (Å²) in [4.78, 5) is 15.6. The van der Waals surface area contributed by atoms with Crippen LogP contribution in [0, 0.1) is 5.92 Å². The van der Waals surface area contributed by atoms with Crippen molar-refractivity contribution in [3.05, 3.63) is 24.3 Å². The summed E-state index contributed by atoms with van der Waals surface area (Å²) in [5, 5.41) is 0. The summed E-state index contributed by atoms with van der Waals surface area (Å²) < 4.78 is 32.6. The molecule has 1 aromatic carbocycles. The van der Waals surface area contributed by atoms with Crippen molar-refractivity contribution in [1.29, 1.82) is 0 Å². The number of carbonyl (C=O) groups is 1. The molecule has 0 spiro atoms. The van der Waals surface area contributed by atoms with E-state index in [1.165, 1.54) is 0 Å². The maximum absolute atomic E-state index is 13.0. The molecule has 1 fully saturated rings. The number of ether oxygens (including phenoxy) is 1. The monoisotopic (exact) mass is 383 g/mol. The molecule has 0 radical (unpaired) electrons. The van der Waals surface area contributed by atoms with E-state index in [0.717, 1.165) is 6.42 Å². The Morgan fingerprint density at radius 3 is 2.35 bits per heavy atom. The number of likely N-dealkylation sites (N-methyl/N-ethyl adjacent to an activating group) is 1. The predicted octanol–water partition coefficient (Wildman–Crippen LogP) is 1.11. The van der Waals surface area contributed by atoms with Gasteiger partial charge in [-0.3, -0.25) is 4.79 Å². The molecule has 1 aliphatic heterocycles. The third kappa shape index (κ3) is 4.55. The molecule has 7 nitrogen and oxygen atoms in total. The van der Waals surface area contributed by atoms with Crippen LogP contribution in [0.25, 0.3) is 0 Å². The van der Waals surface area contributed by atoms with E-state index in [0.29, 0.717) is 25.4 Å². The molecule has 0 aliphatic carbocycles. The normalized spacial score (nSPS) is 21.6. The van der Waals surface area contributed by atoms with Crippen molar-refractivity contribution in [1.82, 2.24) is 14.1 Å². The molecule has 1 saturated heterocycles. The maximum atomic E-state index is 13.0. The van der Waals surface area contributed by atoms with Crippen LogP contribution >= 0.6 is 0 Å². The standard InChI is InChI=1S/C18H29N3O4S/c1-14(22)20(4)12-15-10-11-21(13-18(15)19(2)3)26(23,24)17-8-6-16(25-5)7-9-17/h6-9,15,18H,10-13H2,1-5H3/t15-,18-/m1/s1. The van der Waals surface area contributed by atoms with Crippen LogP contribution in [0.4, 0.5) is 0 Å². The highest BCUT2D eigenvalue weighted by atomic mass is 32.2. The molecule has 146 valence electrons. The molecule has 0 saturated carbocycles. The fraction of sp³-hybridized carbons (Fsp3) is 0.611. The van der Waals surface area contributed by atoms with Crippen LogP contribution in [-0.2, 0) is 14.8 Å². The van der Waals surface area contributed by atoms with Crippen LogP contribution < -0.4 is 4.74 Å². The summed E-state index contributed by atoms with van der Waals surface area (Å²) in [7, 11) is 3.69. The molecule has 0 aromatic heterocycles. The Hall–Kier alpha value is -1.64. The van der Waals surface area contributed by atoms with E-state index < -0.39 is 10.0 Å². The fourth-order valence-electron chi connectivity index (χ4n) is 3.34. The second kappa shape index (κ2) is 8.37. The Kier molecular flexibility index (Phi) is 6.65. The molecule has 1 aromatic rings. The van der Waals surface area contributed by atoms with Crippen LogP contribution in [0.15, 0.2) is 29.2 Å². The predicted molar refractivity (Wildman–Crippen MR) is 101 cm³/mol. The minimum Gasteiger partial charge on any atom is -0.497 e. The molecule has 1 heterocycles. The van der Waals surface area contributed by atoms with Crippen molar-refractivity contribution >= 4 is 15.9 Å². The molecule has 2 rings (SSSR count). The van der Waals surface area contributed by atoms with Gasteiger partial charge in [-0.1, -0.05) is 0 Å². The number of hydrogen-bond donors (Lipinski definition) is 0. The average molecular weight is 384 g/mol. The lowest BCUT2D eigenvalue weighted by atomic mass is 9.91. The van der Waals surface area contributed by atoms with Crippen molar-refractivity contribution < 1.29 is 17.9 Å². The molecular weight excluding hydrogens is 354 g/mol. The Morgan fingerprint density at radius 2 is 1.85 bits per heavy atom. The van der Waals surface area contributed by atoms with Crippen molar-refractivity contribution in [3.8, 4) is 5.75 Å². The van der Waals surface area contributed by atoms with E-state index in [-0.39, 0.29) is 22.8 Å². The van der Waals surface area contributed by atoms with Gasteiger partial charge in [0.2, 0.25) is 15.9 Å². The number of nitrogens with zero attached hydrogens (tertiary/aromatic N) is 3. The Labute approximate surface area is 156 Å². The van der Waals surface area contributed by atoms with E-state index in [1.807, 2.05) is 19.0 Å². The minimum absolute atomic E-state index is 0.0239. The lowest BCUT2D eigenvalue weighted by Crippen LogP contribution is -2.54. The average Bonchev–Trinajstić information content (AvgIpc) is 2.61. The minimum atomic E-state index is -3.55. The van der Waals surface area contributed by atoms with E-state index >= 15 is 0 Å². The van der Waals surface area contributed by atoms with Crippen molar-refractivity contribution in [2.24, 2.45) is 5.92 Å². The number of methoxy groups -OCH3 is 1. The summed E-state index contributed by atoms with van der Waals surface area (Å²) in [6.07, 6.45) is 0.718. The Bertz CT molecular complexity index is 718. The van der Waals surface area contributed by atoms with Crippen LogP contribution in [0.1, 0.15) is 13.3 Å². The van der Waals surface area contributed by atoms with Gasteiger partial charge in [0.05, 0.1) is 12.0 Å². The van der Waals surface area contributed by atoms with E-state index in [4.69, 9.17) is 4.74 Å². The summed E-state index contributed by atoms with van der Waals surface area (Å²) >= 11 is 0. The molecule has 0 unspecified atom stereocenters. The second-order valence-electron chi connectivity index (χ2n) is 7.02. The third-order valence-corrected chi connectivity index (χ3v) is 6.97. The van der Waals surface area contributed by atoms with Gasteiger partial charge in [0.15, 0.2) is 0 Å². The first-order chi connectivity index (χ1) is 12.2. The largest absolute Gasteiger partial charge is 0.497 e. The van der Waals surface area contributed by atoms with Crippen molar-refractivity contribution in [3.63, 3.8) is 0 Å². The van der Waals surface area contributed by atoms with Crippen LogP contribution in [0.3, 0.4) is 0 Å². The third-order valence-electron chi connectivity index (χ3n) is 5.09.